The van der Waals surface area contributed by atoms with Gasteiger partial charge in [-0.05, 0) is 46.8 Å². The maximum Gasteiger partial charge on any atom is 0.231 e. The second-order valence-electron chi connectivity index (χ2n) is 8.99. The smallest absolute Gasteiger partial charge is 0.231 e. The molecule has 0 amide bonds. The van der Waals surface area contributed by atoms with Crippen LogP contribution in [-0.4, -0.2) is 6.79 Å². The summed E-state index contributed by atoms with van der Waals surface area (Å²) in [5.41, 5.74) is 4.16. The van der Waals surface area contributed by atoms with Gasteiger partial charge in [-0.3, -0.25) is 0 Å². The van der Waals surface area contributed by atoms with E-state index in [9.17, 15) is 0 Å². The summed E-state index contributed by atoms with van der Waals surface area (Å²) in [6.45, 7) is 1.66. The Balaban J connectivity index is 1.30. The van der Waals surface area contributed by atoms with Crippen molar-refractivity contribution in [3.05, 3.63) is 124 Å². The minimum absolute atomic E-state index is 0.249. The van der Waals surface area contributed by atoms with Crippen LogP contribution in [0.5, 0.6) is 23.0 Å². The molecule has 0 aliphatic carbocycles. The maximum atomic E-state index is 6.43. The fourth-order valence-corrected chi connectivity index (χ4v) is 4.94. The number of ether oxygens (including phenoxy) is 4. The van der Waals surface area contributed by atoms with E-state index in [0.717, 1.165) is 49.1 Å². The molecule has 0 saturated heterocycles. The van der Waals surface area contributed by atoms with E-state index in [4.69, 9.17) is 18.9 Å². The third kappa shape index (κ3) is 5.27. The fourth-order valence-electron chi connectivity index (χ4n) is 4.49. The van der Waals surface area contributed by atoms with Gasteiger partial charge in [0.2, 0.25) is 6.79 Å². The van der Waals surface area contributed by atoms with Gasteiger partial charge in [0.25, 0.3) is 0 Å². The Morgan fingerprint density at radius 1 is 0.711 bits per heavy atom. The predicted molar refractivity (Wildman–Crippen MR) is 153 cm³/mol. The number of benzene rings is 5. The van der Waals surface area contributed by atoms with Crippen molar-refractivity contribution in [1.29, 1.82) is 0 Å². The van der Waals surface area contributed by atoms with Gasteiger partial charge in [-0.2, -0.15) is 0 Å². The predicted octanol–water partition coefficient (Wildman–Crippen LogP) is 8.10. The Bertz CT molecular complexity index is 1560. The Morgan fingerprint density at radius 3 is 2.13 bits per heavy atom. The lowest BCUT2D eigenvalue weighted by Gasteiger charge is -2.19. The molecule has 0 aromatic heterocycles. The summed E-state index contributed by atoms with van der Waals surface area (Å²) in [6.07, 6.45) is 0. The van der Waals surface area contributed by atoms with E-state index in [1.165, 1.54) is 0 Å². The summed E-state index contributed by atoms with van der Waals surface area (Å²) in [7, 11) is 0. The number of anilines is 1. The summed E-state index contributed by atoms with van der Waals surface area (Å²) >= 11 is 3.76. The number of hydrogen-bond acceptors (Lipinski definition) is 5. The fraction of sp³-hybridized carbons (Fsp3) is 0.125. The summed E-state index contributed by atoms with van der Waals surface area (Å²) in [5, 5.41) is 5.76. The van der Waals surface area contributed by atoms with Crippen LogP contribution in [0.1, 0.15) is 16.7 Å². The van der Waals surface area contributed by atoms with E-state index >= 15 is 0 Å². The maximum absolute atomic E-state index is 6.43. The molecule has 0 unspecified atom stereocenters. The average molecular weight is 568 g/mol. The molecule has 5 nitrogen and oxygen atoms in total. The summed E-state index contributed by atoms with van der Waals surface area (Å²) < 4.78 is 24.8. The van der Waals surface area contributed by atoms with E-state index in [1.54, 1.807) is 0 Å². The molecule has 190 valence electrons. The van der Waals surface area contributed by atoms with E-state index in [-0.39, 0.29) is 6.79 Å². The monoisotopic (exact) mass is 567 g/mol. The van der Waals surface area contributed by atoms with Crippen LogP contribution in [0.15, 0.2) is 108 Å². The summed E-state index contributed by atoms with van der Waals surface area (Å²) in [6, 6.07) is 34.5. The molecule has 0 fully saturated rings. The Labute approximate surface area is 230 Å². The van der Waals surface area contributed by atoms with Crippen LogP contribution < -0.4 is 24.3 Å². The lowest BCUT2D eigenvalue weighted by molar-refractivity contribution is 0.174. The third-order valence-corrected chi connectivity index (χ3v) is 7.20. The first kappa shape index (κ1) is 24.2. The number of hydrogen-bond donors (Lipinski definition) is 1. The molecule has 38 heavy (non-hydrogen) atoms. The molecule has 5 aromatic carbocycles. The van der Waals surface area contributed by atoms with Gasteiger partial charge >= 0.3 is 0 Å². The number of nitrogens with one attached hydrogen (secondary N) is 1. The van der Waals surface area contributed by atoms with Gasteiger partial charge in [0, 0.05) is 27.7 Å². The van der Waals surface area contributed by atoms with Crippen LogP contribution in [-0.2, 0) is 19.8 Å². The molecule has 5 aromatic rings. The third-order valence-electron chi connectivity index (χ3n) is 6.46. The quantitative estimate of drug-likeness (QED) is 0.195. The van der Waals surface area contributed by atoms with Crippen LogP contribution in [0.25, 0.3) is 10.8 Å². The molecule has 0 radical (unpaired) electrons. The molecular weight excluding hydrogens is 542 g/mol. The normalized spacial score (nSPS) is 11.9. The molecule has 0 bridgehead atoms. The van der Waals surface area contributed by atoms with Crippen molar-refractivity contribution < 1.29 is 18.9 Å². The van der Waals surface area contributed by atoms with Gasteiger partial charge in [0.15, 0.2) is 23.0 Å². The Hall–Kier alpha value is -4.16. The van der Waals surface area contributed by atoms with Crippen molar-refractivity contribution in [2.45, 2.75) is 19.8 Å². The SMILES string of the molecule is Brc1ccc(OCc2ccccc2)c(OCc2ccccc2)c1CNc1cccc2cc3c(cc12)OCO3. The van der Waals surface area contributed by atoms with E-state index in [2.05, 4.69) is 57.6 Å². The van der Waals surface area contributed by atoms with Gasteiger partial charge < -0.3 is 24.3 Å². The van der Waals surface area contributed by atoms with Crippen molar-refractivity contribution >= 4 is 32.4 Å². The lowest BCUT2D eigenvalue weighted by atomic mass is 10.1. The Morgan fingerprint density at radius 2 is 1.39 bits per heavy atom. The number of rotatable bonds is 9. The highest BCUT2D eigenvalue weighted by Gasteiger charge is 2.18. The summed E-state index contributed by atoms with van der Waals surface area (Å²) in [5.74, 6) is 2.95. The second-order valence-corrected chi connectivity index (χ2v) is 9.84. The zero-order valence-electron chi connectivity index (χ0n) is 20.7. The zero-order chi connectivity index (χ0) is 25.7. The van der Waals surface area contributed by atoms with Crippen molar-refractivity contribution in [3.63, 3.8) is 0 Å². The number of fused-ring (bicyclic) bond motifs is 2. The molecule has 6 rings (SSSR count). The highest BCUT2D eigenvalue weighted by molar-refractivity contribution is 9.10. The van der Waals surface area contributed by atoms with Crippen LogP contribution in [0, 0.1) is 0 Å². The van der Waals surface area contributed by atoms with Gasteiger partial charge in [-0.1, -0.05) is 88.7 Å². The van der Waals surface area contributed by atoms with Crippen LogP contribution >= 0.6 is 15.9 Å². The summed E-state index contributed by atoms with van der Waals surface area (Å²) in [4.78, 5) is 0. The average Bonchev–Trinajstić information content (AvgIpc) is 3.42. The van der Waals surface area contributed by atoms with Crippen LogP contribution in [0.2, 0.25) is 0 Å². The first-order valence-electron chi connectivity index (χ1n) is 12.5. The minimum Gasteiger partial charge on any atom is -0.485 e. The molecule has 6 heteroatoms. The molecule has 1 aliphatic rings. The van der Waals surface area contributed by atoms with Gasteiger partial charge in [-0.25, -0.2) is 0 Å². The van der Waals surface area contributed by atoms with E-state index < -0.39 is 0 Å². The lowest BCUT2D eigenvalue weighted by Crippen LogP contribution is -2.07. The first-order chi connectivity index (χ1) is 18.7. The molecule has 0 atom stereocenters. The van der Waals surface area contributed by atoms with Crippen molar-refractivity contribution in [1.82, 2.24) is 0 Å². The highest BCUT2D eigenvalue weighted by Crippen LogP contribution is 2.40. The standard InChI is InChI=1S/C32H26BrNO4/c33-27-14-15-29(35-19-22-8-3-1-4-9-22)32(36-20-23-10-5-2-6-11-23)26(27)18-34-28-13-7-12-24-16-30-31(17-25(24)28)38-21-37-30/h1-17,34H,18-21H2. The van der Waals surface area contributed by atoms with Gasteiger partial charge in [0.05, 0.1) is 0 Å². The molecule has 1 heterocycles. The van der Waals surface area contributed by atoms with Crippen molar-refractivity contribution in [2.24, 2.45) is 0 Å². The van der Waals surface area contributed by atoms with E-state index in [1.807, 2.05) is 66.7 Å². The second kappa shape index (κ2) is 11.1. The number of halogens is 1. The highest BCUT2D eigenvalue weighted by atomic mass is 79.9. The molecular formula is C32H26BrNO4. The zero-order valence-corrected chi connectivity index (χ0v) is 22.2. The molecule has 0 spiro atoms. The first-order valence-corrected chi connectivity index (χ1v) is 13.2. The molecule has 1 aliphatic heterocycles. The van der Waals surface area contributed by atoms with Gasteiger partial charge in [-0.15, -0.1) is 0 Å². The topological polar surface area (TPSA) is 49.0 Å². The Kier molecular flexibility index (Phi) is 7.05. The van der Waals surface area contributed by atoms with Gasteiger partial charge in [0.1, 0.15) is 13.2 Å². The van der Waals surface area contributed by atoms with Crippen LogP contribution in [0.4, 0.5) is 5.69 Å². The van der Waals surface area contributed by atoms with Crippen molar-refractivity contribution in [3.8, 4) is 23.0 Å². The van der Waals surface area contributed by atoms with Crippen LogP contribution in [0.3, 0.4) is 0 Å². The molecule has 0 saturated carbocycles. The minimum atomic E-state index is 0.249. The van der Waals surface area contributed by atoms with E-state index in [0.29, 0.717) is 31.3 Å². The molecule has 1 N–H and O–H groups in total. The largest absolute Gasteiger partial charge is 0.485 e. The van der Waals surface area contributed by atoms with Crippen molar-refractivity contribution in [2.75, 3.05) is 12.1 Å².